The SMILES string of the molecule is COC(=O)/C=C1\SCC(=O)N1CCCOC(=O)c1cc2ccccc2[nH]1. The van der Waals surface area contributed by atoms with Crippen LogP contribution < -0.4 is 0 Å². The van der Waals surface area contributed by atoms with Gasteiger partial charge in [-0.25, -0.2) is 9.59 Å². The first-order chi connectivity index (χ1) is 12.6. The summed E-state index contributed by atoms with van der Waals surface area (Å²) < 4.78 is 9.85. The maximum atomic E-state index is 12.1. The van der Waals surface area contributed by atoms with E-state index in [2.05, 4.69) is 9.72 Å². The Labute approximate surface area is 154 Å². The van der Waals surface area contributed by atoms with Gasteiger partial charge >= 0.3 is 11.9 Å². The van der Waals surface area contributed by atoms with Crippen molar-refractivity contribution in [2.45, 2.75) is 6.42 Å². The van der Waals surface area contributed by atoms with E-state index in [1.54, 1.807) is 6.07 Å². The topological polar surface area (TPSA) is 88.7 Å². The summed E-state index contributed by atoms with van der Waals surface area (Å²) in [5, 5.41) is 1.50. The van der Waals surface area contributed by atoms with Crippen molar-refractivity contribution < 1.29 is 23.9 Å². The highest BCUT2D eigenvalue weighted by molar-refractivity contribution is 8.04. The fraction of sp³-hybridized carbons (Fsp3) is 0.278. The number of nitrogens with zero attached hydrogens (tertiary/aromatic N) is 1. The zero-order chi connectivity index (χ0) is 18.5. The highest BCUT2D eigenvalue weighted by Gasteiger charge is 2.27. The highest BCUT2D eigenvalue weighted by atomic mass is 32.2. The van der Waals surface area contributed by atoms with Crippen LogP contribution >= 0.6 is 11.8 Å². The monoisotopic (exact) mass is 374 g/mol. The summed E-state index contributed by atoms with van der Waals surface area (Å²) in [5.74, 6) is -0.726. The third-order valence-electron chi connectivity index (χ3n) is 3.86. The molecule has 1 saturated heterocycles. The summed E-state index contributed by atoms with van der Waals surface area (Å²) in [7, 11) is 1.29. The van der Waals surface area contributed by atoms with Crippen molar-refractivity contribution in [2.75, 3.05) is 26.0 Å². The van der Waals surface area contributed by atoms with E-state index in [-0.39, 0.29) is 18.3 Å². The van der Waals surface area contributed by atoms with Crippen LogP contribution in [0, 0.1) is 0 Å². The second-order valence-electron chi connectivity index (χ2n) is 5.60. The van der Waals surface area contributed by atoms with Crippen LogP contribution in [-0.2, 0) is 19.1 Å². The first kappa shape index (κ1) is 18.1. The fourth-order valence-corrected chi connectivity index (χ4v) is 3.53. The van der Waals surface area contributed by atoms with Crippen LogP contribution in [0.2, 0.25) is 0 Å². The van der Waals surface area contributed by atoms with Crippen molar-refractivity contribution in [1.29, 1.82) is 0 Å². The van der Waals surface area contributed by atoms with Crippen LogP contribution in [0.25, 0.3) is 10.9 Å². The molecule has 136 valence electrons. The third kappa shape index (κ3) is 4.08. The van der Waals surface area contributed by atoms with E-state index in [1.165, 1.54) is 29.8 Å². The molecule has 7 nitrogen and oxygen atoms in total. The smallest absolute Gasteiger partial charge is 0.354 e. The quantitative estimate of drug-likeness (QED) is 0.474. The minimum absolute atomic E-state index is 0.0768. The van der Waals surface area contributed by atoms with Gasteiger partial charge in [-0.2, -0.15) is 0 Å². The van der Waals surface area contributed by atoms with E-state index >= 15 is 0 Å². The largest absolute Gasteiger partial charge is 0.466 e. The fourth-order valence-electron chi connectivity index (χ4n) is 2.58. The zero-order valence-corrected chi connectivity index (χ0v) is 15.0. The molecule has 0 bridgehead atoms. The first-order valence-electron chi connectivity index (χ1n) is 8.06. The molecule has 1 aliphatic heterocycles. The van der Waals surface area contributed by atoms with Crippen LogP contribution in [-0.4, -0.2) is 53.7 Å². The second-order valence-corrected chi connectivity index (χ2v) is 6.60. The zero-order valence-electron chi connectivity index (χ0n) is 14.2. The van der Waals surface area contributed by atoms with E-state index < -0.39 is 11.9 Å². The molecule has 1 aromatic heterocycles. The third-order valence-corrected chi connectivity index (χ3v) is 4.89. The molecular weight excluding hydrogens is 356 g/mol. The number of thioether (sulfide) groups is 1. The number of esters is 2. The van der Waals surface area contributed by atoms with E-state index in [0.717, 1.165) is 10.9 Å². The lowest BCUT2D eigenvalue weighted by molar-refractivity contribution is -0.134. The number of nitrogens with one attached hydrogen (secondary N) is 1. The Balaban J connectivity index is 1.51. The number of carbonyl (C=O) groups is 3. The average Bonchev–Trinajstić information content (AvgIpc) is 3.22. The molecule has 0 unspecified atom stereocenters. The minimum Gasteiger partial charge on any atom is -0.466 e. The van der Waals surface area contributed by atoms with Gasteiger partial charge in [-0.05, 0) is 18.6 Å². The van der Waals surface area contributed by atoms with Crippen molar-refractivity contribution in [1.82, 2.24) is 9.88 Å². The van der Waals surface area contributed by atoms with Gasteiger partial charge in [-0.1, -0.05) is 30.0 Å². The molecule has 0 aliphatic carbocycles. The Morgan fingerprint density at radius 1 is 1.35 bits per heavy atom. The Bertz CT molecular complexity index is 840. The number of amides is 1. The molecule has 1 fully saturated rings. The Kier molecular flexibility index (Phi) is 5.62. The Morgan fingerprint density at radius 3 is 2.92 bits per heavy atom. The molecule has 8 heteroatoms. The lowest BCUT2D eigenvalue weighted by Gasteiger charge is -2.16. The molecule has 1 aliphatic rings. The number of ether oxygens (including phenoxy) is 2. The van der Waals surface area contributed by atoms with Gasteiger partial charge in [-0.15, -0.1) is 0 Å². The van der Waals surface area contributed by atoms with Gasteiger partial charge in [0.2, 0.25) is 5.91 Å². The normalized spacial score (nSPS) is 15.7. The molecule has 0 atom stereocenters. The van der Waals surface area contributed by atoms with E-state index in [9.17, 15) is 14.4 Å². The number of hydrogen-bond acceptors (Lipinski definition) is 6. The summed E-state index contributed by atoms with van der Waals surface area (Å²) in [4.78, 5) is 39.9. The molecule has 0 saturated carbocycles. The molecule has 0 radical (unpaired) electrons. The standard InChI is InChI=1S/C18H18N2O5S/c1-24-17(22)10-16-20(15(21)11-26-16)7-4-8-25-18(23)14-9-12-5-2-3-6-13(12)19-14/h2-3,5-6,9-10,19H,4,7-8,11H2,1H3/b16-10-. The van der Waals surface area contributed by atoms with Crippen LogP contribution in [0.15, 0.2) is 41.4 Å². The summed E-state index contributed by atoms with van der Waals surface area (Å²) >= 11 is 1.29. The van der Waals surface area contributed by atoms with Gasteiger partial charge in [-0.3, -0.25) is 4.79 Å². The van der Waals surface area contributed by atoms with Crippen LogP contribution in [0.4, 0.5) is 0 Å². The van der Waals surface area contributed by atoms with Crippen LogP contribution in [0.5, 0.6) is 0 Å². The van der Waals surface area contributed by atoms with E-state index in [4.69, 9.17) is 4.74 Å². The summed E-state index contributed by atoms with van der Waals surface area (Å²) in [6.45, 7) is 0.544. The van der Waals surface area contributed by atoms with Gasteiger partial charge in [0, 0.05) is 17.4 Å². The van der Waals surface area contributed by atoms with Gasteiger partial charge in [0.05, 0.1) is 30.6 Å². The summed E-state index contributed by atoms with van der Waals surface area (Å²) in [6, 6.07) is 9.33. The van der Waals surface area contributed by atoms with Crippen molar-refractivity contribution in [3.8, 4) is 0 Å². The molecule has 3 rings (SSSR count). The number of hydrogen-bond donors (Lipinski definition) is 1. The van der Waals surface area contributed by atoms with Crippen LogP contribution in [0.3, 0.4) is 0 Å². The number of carbonyl (C=O) groups excluding carboxylic acids is 3. The molecule has 26 heavy (non-hydrogen) atoms. The molecule has 1 N–H and O–H groups in total. The van der Waals surface area contributed by atoms with Crippen molar-refractivity contribution in [2.24, 2.45) is 0 Å². The predicted molar refractivity (Wildman–Crippen MR) is 97.5 cm³/mol. The van der Waals surface area contributed by atoms with Crippen molar-refractivity contribution in [3.63, 3.8) is 0 Å². The summed E-state index contributed by atoms with van der Waals surface area (Å²) in [5.41, 5.74) is 1.27. The van der Waals surface area contributed by atoms with Crippen molar-refractivity contribution in [3.05, 3.63) is 47.1 Å². The molecule has 1 aromatic carbocycles. The number of rotatable bonds is 6. The highest BCUT2D eigenvalue weighted by Crippen LogP contribution is 2.28. The van der Waals surface area contributed by atoms with Gasteiger partial charge in [0.25, 0.3) is 0 Å². The lowest BCUT2D eigenvalue weighted by atomic mass is 10.2. The summed E-state index contributed by atoms with van der Waals surface area (Å²) in [6.07, 6.45) is 1.77. The van der Waals surface area contributed by atoms with Gasteiger partial charge in [0.15, 0.2) is 0 Å². The van der Waals surface area contributed by atoms with Gasteiger partial charge < -0.3 is 19.4 Å². The number of para-hydroxylation sites is 1. The number of fused-ring (bicyclic) bond motifs is 1. The average molecular weight is 374 g/mol. The maximum Gasteiger partial charge on any atom is 0.354 e. The van der Waals surface area contributed by atoms with Gasteiger partial charge in [0.1, 0.15) is 5.69 Å². The Morgan fingerprint density at radius 2 is 2.15 bits per heavy atom. The maximum absolute atomic E-state index is 12.1. The van der Waals surface area contributed by atoms with Crippen LogP contribution in [0.1, 0.15) is 16.9 Å². The second kappa shape index (κ2) is 8.09. The number of H-pyrrole nitrogens is 1. The molecule has 2 aromatic rings. The molecule has 0 spiro atoms. The molecule has 2 heterocycles. The minimum atomic E-state index is -0.502. The van der Waals surface area contributed by atoms with E-state index in [1.807, 2.05) is 24.3 Å². The Hall–Kier alpha value is -2.74. The van der Waals surface area contributed by atoms with Crippen molar-refractivity contribution >= 4 is 40.5 Å². The molecule has 1 amide bonds. The number of methoxy groups -OCH3 is 1. The first-order valence-corrected chi connectivity index (χ1v) is 9.04. The molecular formula is C18H18N2O5S. The number of benzene rings is 1. The number of aromatic nitrogens is 1. The predicted octanol–water partition coefficient (Wildman–Crippen LogP) is 2.30. The lowest BCUT2D eigenvalue weighted by Crippen LogP contribution is -2.27. The van der Waals surface area contributed by atoms with E-state index in [0.29, 0.717) is 23.7 Å². The number of aromatic amines is 1.